The van der Waals surface area contributed by atoms with Crippen LogP contribution in [0.5, 0.6) is 5.75 Å². The number of ether oxygens (including phenoxy) is 1. The second-order valence-electron chi connectivity index (χ2n) is 5.37. The lowest BCUT2D eigenvalue weighted by atomic mass is 10.1. The molecule has 0 radical (unpaired) electrons. The lowest BCUT2D eigenvalue weighted by Gasteiger charge is -2.20. The van der Waals surface area contributed by atoms with Crippen molar-refractivity contribution in [3.05, 3.63) is 40.2 Å². The first-order valence-corrected chi connectivity index (χ1v) is 8.10. The number of nitrogens with zero attached hydrogens (tertiary/aromatic N) is 1. The predicted molar refractivity (Wildman–Crippen MR) is 90.1 cm³/mol. The SMILES string of the molecule is CCCN(CCC)C(=O)c1cc2ccc(OCC)cc2oc1=O. The van der Waals surface area contributed by atoms with Crippen LogP contribution in [0.1, 0.15) is 44.0 Å². The van der Waals surface area contributed by atoms with Crippen molar-refractivity contribution in [3.8, 4) is 5.75 Å². The molecule has 1 aromatic carbocycles. The lowest BCUT2D eigenvalue weighted by molar-refractivity contribution is 0.0751. The van der Waals surface area contributed by atoms with Crippen LogP contribution in [-0.4, -0.2) is 30.5 Å². The highest BCUT2D eigenvalue weighted by Crippen LogP contribution is 2.21. The maximum atomic E-state index is 12.6. The number of hydrogen-bond donors (Lipinski definition) is 0. The number of hydrogen-bond acceptors (Lipinski definition) is 4. The van der Waals surface area contributed by atoms with Gasteiger partial charge in [-0.1, -0.05) is 13.8 Å². The molecule has 0 spiro atoms. The van der Waals surface area contributed by atoms with E-state index in [0.29, 0.717) is 36.4 Å². The molecule has 5 nitrogen and oxygen atoms in total. The van der Waals surface area contributed by atoms with E-state index < -0.39 is 5.63 Å². The molecule has 124 valence electrons. The van der Waals surface area contributed by atoms with Gasteiger partial charge in [0.15, 0.2) is 0 Å². The molecule has 0 aliphatic rings. The third-order valence-corrected chi connectivity index (χ3v) is 3.52. The Morgan fingerprint density at radius 3 is 2.43 bits per heavy atom. The van der Waals surface area contributed by atoms with E-state index in [-0.39, 0.29) is 11.5 Å². The minimum absolute atomic E-state index is 0.0866. The van der Waals surface area contributed by atoms with Crippen LogP contribution >= 0.6 is 0 Å². The van der Waals surface area contributed by atoms with E-state index in [4.69, 9.17) is 9.15 Å². The van der Waals surface area contributed by atoms with Crippen LogP contribution in [-0.2, 0) is 0 Å². The molecule has 0 aliphatic heterocycles. The van der Waals surface area contributed by atoms with E-state index >= 15 is 0 Å². The summed E-state index contributed by atoms with van der Waals surface area (Å²) in [5.41, 5.74) is -0.0908. The van der Waals surface area contributed by atoms with Crippen molar-refractivity contribution in [1.82, 2.24) is 4.90 Å². The van der Waals surface area contributed by atoms with Crippen LogP contribution < -0.4 is 10.4 Å². The van der Waals surface area contributed by atoms with Crippen LogP contribution in [0, 0.1) is 0 Å². The van der Waals surface area contributed by atoms with Crippen molar-refractivity contribution >= 4 is 16.9 Å². The van der Waals surface area contributed by atoms with E-state index in [9.17, 15) is 9.59 Å². The summed E-state index contributed by atoms with van der Waals surface area (Å²) < 4.78 is 10.7. The summed E-state index contributed by atoms with van der Waals surface area (Å²) in [6, 6.07) is 6.88. The first-order chi connectivity index (χ1) is 11.1. The predicted octanol–water partition coefficient (Wildman–Crippen LogP) is 3.45. The zero-order chi connectivity index (χ0) is 16.8. The molecule has 0 atom stereocenters. The molecule has 5 heteroatoms. The second kappa shape index (κ2) is 7.81. The average molecular weight is 317 g/mol. The van der Waals surface area contributed by atoms with E-state index in [1.54, 1.807) is 29.2 Å². The molecule has 0 aliphatic carbocycles. The highest BCUT2D eigenvalue weighted by molar-refractivity contribution is 5.96. The van der Waals surface area contributed by atoms with Crippen molar-refractivity contribution in [2.75, 3.05) is 19.7 Å². The summed E-state index contributed by atoms with van der Waals surface area (Å²) in [5.74, 6) is 0.374. The molecular weight excluding hydrogens is 294 g/mol. The fourth-order valence-electron chi connectivity index (χ4n) is 2.52. The quantitative estimate of drug-likeness (QED) is 0.734. The summed E-state index contributed by atoms with van der Waals surface area (Å²) in [7, 11) is 0. The molecule has 2 aromatic rings. The molecule has 0 bridgehead atoms. The number of amides is 1. The highest BCUT2D eigenvalue weighted by Gasteiger charge is 2.19. The standard InChI is InChI=1S/C18H23NO4/c1-4-9-19(10-5-2)17(20)15-11-13-7-8-14(22-6-3)12-16(13)23-18(15)21/h7-8,11-12H,4-6,9-10H2,1-3H3. The molecule has 1 amide bonds. The summed E-state index contributed by atoms with van der Waals surface area (Å²) in [6.45, 7) is 7.70. The van der Waals surface area contributed by atoms with Gasteiger partial charge in [-0.25, -0.2) is 4.79 Å². The minimum atomic E-state index is -0.603. The zero-order valence-corrected chi connectivity index (χ0v) is 13.9. The van der Waals surface area contributed by atoms with E-state index in [1.165, 1.54) is 0 Å². The van der Waals surface area contributed by atoms with Crippen molar-refractivity contribution in [2.45, 2.75) is 33.6 Å². The molecule has 0 unspecified atom stereocenters. The number of fused-ring (bicyclic) bond motifs is 1. The van der Waals surface area contributed by atoms with Crippen molar-refractivity contribution < 1.29 is 13.9 Å². The Kier molecular flexibility index (Phi) is 5.79. The maximum absolute atomic E-state index is 12.6. The van der Waals surface area contributed by atoms with E-state index in [0.717, 1.165) is 12.8 Å². The highest BCUT2D eigenvalue weighted by atomic mass is 16.5. The topological polar surface area (TPSA) is 59.8 Å². The summed E-state index contributed by atoms with van der Waals surface area (Å²) in [4.78, 5) is 26.5. The van der Waals surface area contributed by atoms with Gasteiger partial charge < -0.3 is 14.1 Å². The van der Waals surface area contributed by atoms with Gasteiger partial charge in [0.1, 0.15) is 16.9 Å². The van der Waals surface area contributed by atoms with Gasteiger partial charge >= 0.3 is 5.63 Å². The van der Waals surface area contributed by atoms with Gasteiger partial charge in [-0.2, -0.15) is 0 Å². The molecule has 0 saturated carbocycles. The number of rotatable bonds is 7. The van der Waals surface area contributed by atoms with Gasteiger partial charge in [0.05, 0.1) is 6.61 Å². The third kappa shape index (κ3) is 3.92. The van der Waals surface area contributed by atoms with Crippen LogP contribution in [0.4, 0.5) is 0 Å². The van der Waals surface area contributed by atoms with Gasteiger partial charge in [-0.3, -0.25) is 4.79 Å². The maximum Gasteiger partial charge on any atom is 0.349 e. The first kappa shape index (κ1) is 17.1. The van der Waals surface area contributed by atoms with Gasteiger partial charge in [-0.05, 0) is 38.0 Å². The molecular formula is C18H23NO4. The minimum Gasteiger partial charge on any atom is -0.494 e. The van der Waals surface area contributed by atoms with Crippen LogP contribution in [0.25, 0.3) is 11.0 Å². The Balaban J connectivity index is 2.41. The van der Waals surface area contributed by atoms with Crippen LogP contribution in [0.3, 0.4) is 0 Å². The smallest absolute Gasteiger partial charge is 0.349 e. The molecule has 1 heterocycles. The largest absolute Gasteiger partial charge is 0.494 e. The van der Waals surface area contributed by atoms with Crippen molar-refractivity contribution in [3.63, 3.8) is 0 Å². The molecule has 2 rings (SSSR count). The Morgan fingerprint density at radius 1 is 1.13 bits per heavy atom. The molecule has 0 N–H and O–H groups in total. The van der Waals surface area contributed by atoms with Crippen molar-refractivity contribution in [1.29, 1.82) is 0 Å². The number of carbonyl (C=O) groups is 1. The first-order valence-electron chi connectivity index (χ1n) is 8.10. The second-order valence-corrected chi connectivity index (χ2v) is 5.37. The Morgan fingerprint density at radius 2 is 1.83 bits per heavy atom. The monoisotopic (exact) mass is 317 g/mol. The lowest BCUT2D eigenvalue weighted by Crippen LogP contribution is -2.35. The summed E-state index contributed by atoms with van der Waals surface area (Å²) in [5, 5.41) is 0.712. The fourth-order valence-corrected chi connectivity index (χ4v) is 2.52. The number of benzene rings is 1. The van der Waals surface area contributed by atoms with E-state index in [2.05, 4.69) is 0 Å². The third-order valence-electron chi connectivity index (χ3n) is 3.52. The Labute approximate surface area is 135 Å². The van der Waals surface area contributed by atoms with E-state index in [1.807, 2.05) is 20.8 Å². The molecule has 1 aromatic heterocycles. The van der Waals surface area contributed by atoms with Crippen molar-refractivity contribution in [2.24, 2.45) is 0 Å². The van der Waals surface area contributed by atoms with Crippen LogP contribution in [0.15, 0.2) is 33.5 Å². The molecule has 0 saturated heterocycles. The fraction of sp³-hybridized carbons (Fsp3) is 0.444. The van der Waals surface area contributed by atoms with Gasteiger partial charge in [-0.15, -0.1) is 0 Å². The molecule has 23 heavy (non-hydrogen) atoms. The average Bonchev–Trinajstić information content (AvgIpc) is 2.53. The number of carbonyl (C=O) groups excluding carboxylic acids is 1. The van der Waals surface area contributed by atoms with Gasteiger partial charge in [0.25, 0.3) is 5.91 Å². The normalized spacial score (nSPS) is 10.7. The zero-order valence-electron chi connectivity index (χ0n) is 13.9. The van der Waals surface area contributed by atoms with Crippen LogP contribution in [0.2, 0.25) is 0 Å². The molecule has 0 fully saturated rings. The van der Waals surface area contributed by atoms with Gasteiger partial charge in [0, 0.05) is 24.5 Å². The Bertz CT molecular complexity index is 729. The summed E-state index contributed by atoms with van der Waals surface area (Å²) in [6.07, 6.45) is 1.70. The van der Waals surface area contributed by atoms with Gasteiger partial charge in [0.2, 0.25) is 0 Å². The Hall–Kier alpha value is -2.30. The summed E-state index contributed by atoms with van der Waals surface area (Å²) >= 11 is 0.